The third kappa shape index (κ3) is 3.85. The highest BCUT2D eigenvalue weighted by atomic mass is 16.5. The molecule has 1 rings (SSSR count). The first-order chi connectivity index (χ1) is 8.03. The highest BCUT2D eigenvalue weighted by molar-refractivity contribution is 5.46. The molecule has 0 fully saturated rings. The van der Waals surface area contributed by atoms with Crippen LogP contribution < -0.4 is 11.1 Å². The molecule has 5 heteroatoms. The number of aromatic nitrogens is 2. The van der Waals surface area contributed by atoms with Gasteiger partial charge in [-0.1, -0.05) is 13.8 Å². The third-order valence-corrected chi connectivity index (χ3v) is 3.06. The van der Waals surface area contributed by atoms with E-state index in [4.69, 9.17) is 10.5 Å². The molecule has 0 bridgehead atoms. The Kier molecular flexibility index (Phi) is 4.69. The van der Waals surface area contributed by atoms with Gasteiger partial charge in [0.1, 0.15) is 18.2 Å². The molecule has 1 aromatic rings. The van der Waals surface area contributed by atoms with Gasteiger partial charge in [-0.3, -0.25) is 0 Å². The molecule has 0 saturated heterocycles. The largest absolute Gasteiger partial charge is 0.384 e. The molecule has 0 aliphatic heterocycles. The van der Waals surface area contributed by atoms with Gasteiger partial charge in [0.15, 0.2) is 5.82 Å². The lowest BCUT2D eigenvalue weighted by molar-refractivity contribution is 0.178. The molecule has 17 heavy (non-hydrogen) atoms. The molecule has 3 N–H and O–H groups in total. The maximum Gasteiger partial charge on any atom is 0.158 e. The quantitative estimate of drug-likeness (QED) is 0.794. The Bertz CT molecular complexity index is 364. The fourth-order valence-electron chi connectivity index (χ4n) is 1.51. The number of hydrogen-bond donors (Lipinski definition) is 2. The lowest BCUT2D eigenvalue weighted by Crippen LogP contribution is -2.33. The first kappa shape index (κ1) is 13.7. The molecule has 1 aromatic heterocycles. The summed E-state index contributed by atoms with van der Waals surface area (Å²) in [7, 11) is 1.61. The first-order valence-electron chi connectivity index (χ1n) is 5.93. The summed E-state index contributed by atoms with van der Waals surface area (Å²) in [5.74, 6) is 1.82. The Balaban J connectivity index is 2.90. The maximum atomic E-state index is 5.74. The van der Waals surface area contributed by atoms with Crippen LogP contribution in [0.2, 0.25) is 0 Å². The SMILES string of the molecule is CCC(C)(CC)Nc1cc(N)nc(COC)n1. The second-order valence-electron chi connectivity index (χ2n) is 4.42. The van der Waals surface area contributed by atoms with Crippen LogP contribution in [0.3, 0.4) is 0 Å². The van der Waals surface area contributed by atoms with E-state index < -0.39 is 0 Å². The molecule has 0 aliphatic rings. The Morgan fingerprint density at radius 2 is 2.00 bits per heavy atom. The second kappa shape index (κ2) is 5.82. The van der Waals surface area contributed by atoms with Gasteiger partial charge >= 0.3 is 0 Å². The minimum absolute atomic E-state index is 0.0329. The number of nitrogens with one attached hydrogen (secondary N) is 1. The molecule has 5 nitrogen and oxygen atoms in total. The predicted molar refractivity (Wildman–Crippen MR) is 69.8 cm³/mol. The van der Waals surface area contributed by atoms with Crippen LogP contribution in [0, 0.1) is 0 Å². The number of hydrogen-bond acceptors (Lipinski definition) is 5. The fourth-order valence-corrected chi connectivity index (χ4v) is 1.51. The zero-order valence-electron chi connectivity index (χ0n) is 11.1. The van der Waals surface area contributed by atoms with Crippen molar-refractivity contribution in [1.29, 1.82) is 0 Å². The summed E-state index contributed by atoms with van der Waals surface area (Å²) in [6.07, 6.45) is 2.04. The standard InChI is InChI=1S/C12H22N4O/c1-5-12(3,6-2)16-10-7-9(13)14-11(15-10)8-17-4/h7H,5-6,8H2,1-4H3,(H3,13,14,15,16). The maximum absolute atomic E-state index is 5.74. The zero-order chi connectivity index (χ0) is 12.9. The first-order valence-corrected chi connectivity index (χ1v) is 5.93. The van der Waals surface area contributed by atoms with Crippen molar-refractivity contribution in [2.75, 3.05) is 18.2 Å². The Morgan fingerprint density at radius 3 is 2.53 bits per heavy atom. The van der Waals surface area contributed by atoms with Gasteiger partial charge in [0.2, 0.25) is 0 Å². The summed E-state index contributed by atoms with van der Waals surface area (Å²) in [5.41, 5.74) is 5.78. The lowest BCUT2D eigenvalue weighted by atomic mass is 9.96. The van der Waals surface area contributed by atoms with Crippen LogP contribution in [-0.4, -0.2) is 22.6 Å². The van der Waals surface area contributed by atoms with Gasteiger partial charge in [0.25, 0.3) is 0 Å². The molecule has 0 spiro atoms. The fraction of sp³-hybridized carbons (Fsp3) is 0.667. The van der Waals surface area contributed by atoms with Crippen molar-refractivity contribution in [2.24, 2.45) is 0 Å². The number of nitrogen functional groups attached to an aromatic ring is 1. The summed E-state index contributed by atoms with van der Waals surface area (Å²) in [5, 5.41) is 3.41. The van der Waals surface area contributed by atoms with Crippen molar-refractivity contribution in [1.82, 2.24) is 9.97 Å². The molecule has 0 unspecified atom stereocenters. The van der Waals surface area contributed by atoms with Crippen molar-refractivity contribution in [3.63, 3.8) is 0 Å². The summed E-state index contributed by atoms with van der Waals surface area (Å²) in [6.45, 7) is 6.84. The molecule has 0 radical (unpaired) electrons. The van der Waals surface area contributed by atoms with Crippen LogP contribution >= 0.6 is 0 Å². The van der Waals surface area contributed by atoms with Gasteiger partial charge < -0.3 is 15.8 Å². The van der Waals surface area contributed by atoms with E-state index in [1.54, 1.807) is 13.2 Å². The molecule has 0 amide bonds. The van der Waals surface area contributed by atoms with E-state index in [2.05, 4.69) is 36.1 Å². The normalized spacial score (nSPS) is 11.5. The number of nitrogens with zero attached hydrogens (tertiary/aromatic N) is 2. The number of methoxy groups -OCH3 is 1. The van der Waals surface area contributed by atoms with Gasteiger partial charge in [0.05, 0.1) is 0 Å². The van der Waals surface area contributed by atoms with Crippen molar-refractivity contribution < 1.29 is 4.74 Å². The Hall–Kier alpha value is -1.36. The molecule has 96 valence electrons. The van der Waals surface area contributed by atoms with E-state index in [0.717, 1.165) is 18.7 Å². The van der Waals surface area contributed by atoms with Gasteiger partial charge in [-0.15, -0.1) is 0 Å². The molecular weight excluding hydrogens is 216 g/mol. The highest BCUT2D eigenvalue weighted by Gasteiger charge is 2.20. The van der Waals surface area contributed by atoms with Crippen LogP contribution in [-0.2, 0) is 11.3 Å². The van der Waals surface area contributed by atoms with Crippen molar-refractivity contribution in [3.05, 3.63) is 11.9 Å². The lowest BCUT2D eigenvalue weighted by Gasteiger charge is -2.29. The van der Waals surface area contributed by atoms with Crippen LogP contribution in [0.25, 0.3) is 0 Å². The van der Waals surface area contributed by atoms with E-state index in [-0.39, 0.29) is 5.54 Å². The van der Waals surface area contributed by atoms with Crippen molar-refractivity contribution >= 4 is 11.6 Å². The number of anilines is 2. The third-order valence-electron chi connectivity index (χ3n) is 3.06. The molecule has 0 atom stereocenters. The topological polar surface area (TPSA) is 73.1 Å². The van der Waals surface area contributed by atoms with E-state index >= 15 is 0 Å². The van der Waals surface area contributed by atoms with Gasteiger partial charge in [-0.25, -0.2) is 9.97 Å². The molecule has 1 heterocycles. The zero-order valence-corrected chi connectivity index (χ0v) is 11.1. The number of rotatable bonds is 6. The van der Waals surface area contributed by atoms with Crippen LogP contribution in [0.1, 0.15) is 39.4 Å². The number of ether oxygens (including phenoxy) is 1. The molecule has 0 aromatic carbocycles. The van der Waals surface area contributed by atoms with Crippen molar-refractivity contribution in [3.8, 4) is 0 Å². The molecule has 0 aliphatic carbocycles. The van der Waals surface area contributed by atoms with Gasteiger partial charge in [0, 0.05) is 18.7 Å². The van der Waals surface area contributed by atoms with E-state index in [9.17, 15) is 0 Å². The minimum atomic E-state index is 0.0329. The summed E-state index contributed by atoms with van der Waals surface area (Å²) >= 11 is 0. The van der Waals surface area contributed by atoms with Crippen LogP contribution in [0.4, 0.5) is 11.6 Å². The van der Waals surface area contributed by atoms with E-state index in [1.807, 2.05) is 0 Å². The highest BCUT2D eigenvalue weighted by Crippen LogP contribution is 2.21. The predicted octanol–water partition coefficient (Wildman–Crippen LogP) is 2.20. The average molecular weight is 238 g/mol. The monoisotopic (exact) mass is 238 g/mol. The van der Waals surface area contributed by atoms with E-state index in [0.29, 0.717) is 18.2 Å². The second-order valence-corrected chi connectivity index (χ2v) is 4.42. The minimum Gasteiger partial charge on any atom is -0.384 e. The molecule has 0 saturated carbocycles. The summed E-state index contributed by atoms with van der Waals surface area (Å²) < 4.78 is 5.01. The number of nitrogens with two attached hydrogens (primary N) is 1. The summed E-state index contributed by atoms with van der Waals surface area (Å²) in [4.78, 5) is 8.48. The Morgan fingerprint density at radius 1 is 1.35 bits per heavy atom. The Labute approximate surface area is 103 Å². The van der Waals surface area contributed by atoms with E-state index in [1.165, 1.54) is 0 Å². The van der Waals surface area contributed by atoms with Crippen LogP contribution in [0.15, 0.2) is 6.07 Å². The van der Waals surface area contributed by atoms with Crippen molar-refractivity contribution in [2.45, 2.75) is 45.8 Å². The smallest absolute Gasteiger partial charge is 0.158 e. The average Bonchev–Trinajstić information content (AvgIpc) is 2.28. The summed E-state index contributed by atoms with van der Waals surface area (Å²) in [6, 6.07) is 1.75. The van der Waals surface area contributed by atoms with Crippen LogP contribution in [0.5, 0.6) is 0 Å². The van der Waals surface area contributed by atoms with Gasteiger partial charge in [-0.2, -0.15) is 0 Å². The molecular formula is C12H22N4O. The van der Waals surface area contributed by atoms with Gasteiger partial charge in [-0.05, 0) is 19.8 Å².